The molecule has 1 unspecified atom stereocenters. The number of rotatable bonds is 7. The fraction of sp³-hybridized carbons (Fsp3) is 0.310. The lowest BCUT2D eigenvalue weighted by Crippen LogP contribution is -2.29. The highest BCUT2D eigenvalue weighted by atomic mass is 32.1. The van der Waals surface area contributed by atoms with Gasteiger partial charge in [0.05, 0.1) is 32.6 Å². The van der Waals surface area contributed by atoms with E-state index in [0.717, 1.165) is 21.6 Å². The number of thiophene rings is 1. The van der Waals surface area contributed by atoms with Gasteiger partial charge in [0, 0.05) is 28.6 Å². The maximum absolute atomic E-state index is 13.6. The van der Waals surface area contributed by atoms with Crippen LogP contribution in [0.3, 0.4) is 0 Å². The average Bonchev–Trinajstić information content (AvgIpc) is 3.42. The quantitative estimate of drug-likeness (QED) is 0.228. The number of anilines is 1. The van der Waals surface area contributed by atoms with Crippen LogP contribution in [0.25, 0.3) is 5.76 Å². The second-order valence-corrected chi connectivity index (χ2v) is 10.2. The van der Waals surface area contributed by atoms with Gasteiger partial charge in [-0.3, -0.25) is 14.5 Å². The summed E-state index contributed by atoms with van der Waals surface area (Å²) in [5, 5.41) is 13.6. The summed E-state index contributed by atoms with van der Waals surface area (Å²) in [6, 6.07) is 9.85. The molecule has 1 aliphatic rings. The number of ether oxygens (including phenoxy) is 3. The lowest BCUT2D eigenvalue weighted by molar-refractivity contribution is -0.132. The van der Waals surface area contributed by atoms with Crippen LogP contribution in [0.2, 0.25) is 0 Å². The molecule has 0 radical (unpaired) electrons. The van der Waals surface area contributed by atoms with E-state index in [9.17, 15) is 14.7 Å². The number of Topliss-reactive ketones (excluding diaryl/α,β-unsaturated/α-hetero) is 1. The number of hydrogen-bond donors (Lipinski definition) is 1. The number of nitrogens with zero attached hydrogens (tertiary/aromatic N) is 1. The molecule has 1 N–H and O–H groups in total. The second-order valence-electron chi connectivity index (χ2n) is 9.27. The molecule has 0 saturated carbocycles. The number of benzene rings is 2. The predicted octanol–water partition coefficient (Wildman–Crippen LogP) is 6.14. The summed E-state index contributed by atoms with van der Waals surface area (Å²) in [5.74, 6) is 0.0811. The van der Waals surface area contributed by atoms with Gasteiger partial charge in [-0.25, -0.2) is 0 Å². The molecule has 3 aromatic rings. The van der Waals surface area contributed by atoms with Crippen LogP contribution in [0.15, 0.2) is 47.4 Å². The van der Waals surface area contributed by atoms with E-state index in [2.05, 4.69) is 0 Å². The lowest BCUT2D eigenvalue weighted by Gasteiger charge is -2.26. The standard InChI is InChI=1S/C29H31NO6S/c1-15(2)21-14-22(17(4)10-23(21)36-7)26(31)24-25(28-16(3)8-9-37-28)30(29(33)27(24)32)18-11-19(34-5)13-20(12-18)35-6/h8-15,25,31H,1-7H3/b26-24+. The first-order valence-corrected chi connectivity index (χ1v) is 12.8. The van der Waals surface area contributed by atoms with Crippen molar-refractivity contribution >= 4 is 34.5 Å². The van der Waals surface area contributed by atoms with Crippen LogP contribution < -0.4 is 19.1 Å². The minimum atomic E-state index is -0.819. The highest BCUT2D eigenvalue weighted by molar-refractivity contribution is 7.10. The van der Waals surface area contributed by atoms with Crippen molar-refractivity contribution in [2.24, 2.45) is 0 Å². The average molecular weight is 522 g/mol. The van der Waals surface area contributed by atoms with Crippen LogP contribution in [-0.4, -0.2) is 38.1 Å². The third-order valence-electron chi connectivity index (χ3n) is 6.66. The topological polar surface area (TPSA) is 85.3 Å². The Morgan fingerprint density at radius 2 is 1.59 bits per heavy atom. The van der Waals surface area contributed by atoms with Crippen molar-refractivity contribution in [1.82, 2.24) is 0 Å². The van der Waals surface area contributed by atoms with E-state index in [1.54, 1.807) is 25.3 Å². The molecule has 37 heavy (non-hydrogen) atoms. The maximum Gasteiger partial charge on any atom is 0.300 e. The molecule has 7 nitrogen and oxygen atoms in total. The van der Waals surface area contributed by atoms with Crippen LogP contribution in [0.1, 0.15) is 52.9 Å². The van der Waals surface area contributed by atoms with Gasteiger partial charge in [-0.1, -0.05) is 13.8 Å². The van der Waals surface area contributed by atoms with Gasteiger partial charge in [0.1, 0.15) is 29.0 Å². The number of carbonyl (C=O) groups is 2. The predicted molar refractivity (Wildman–Crippen MR) is 145 cm³/mol. The van der Waals surface area contributed by atoms with Gasteiger partial charge >= 0.3 is 0 Å². The summed E-state index contributed by atoms with van der Waals surface area (Å²) in [4.78, 5) is 29.4. The Balaban J connectivity index is 2.00. The molecule has 8 heteroatoms. The van der Waals surface area contributed by atoms with Gasteiger partial charge in [-0.2, -0.15) is 0 Å². The zero-order valence-electron chi connectivity index (χ0n) is 22.0. The zero-order valence-corrected chi connectivity index (χ0v) is 22.9. The number of hydrogen-bond acceptors (Lipinski definition) is 7. The fourth-order valence-electron chi connectivity index (χ4n) is 4.67. The van der Waals surface area contributed by atoms with Crippen LogP contribution >= 0.6 is 11.3 Å². The summed E-state index contributed by atoms with van der Waals surface area (Å²) in [7, 11) is 4.65. The van der Waals surface area contributed by atoms with Crippen LogP contribution in [0.5, 0.6) is 17.2 Å². The number of amides is 1. The Kier molecular flexibility index (Phi) is 7.32. The summed E-state index contributed by atoms with van der Waals surface area (Å²) < 4.78 is 16.4. The van der Waals surface area contributed by atoms with Gasteiger partial charge in [0.15, 0.2) is 0 Å². The summed E-state index contributed by atoms with van der Waals surface area (Å²) in [5.41, 5.74) is 3.51. The van der Waals surface area contributed by atoms with Crippen molar-refractivity contribution in [3.63, 3.8) is 0 Å². The van der Waals surface area contributed by atoms with Gasteiger partial charge in [0.2, 0.25) is 0 Å². The summed E-state index contributed by atoms with van der Waals surface area (Å²) >= 11 is 1.43. The molecule has 2 aromatic carbocycles. The molecule has 194 valence electrons. The molecule has 1 aromatic heterocycles. The third-order valence-corrected chi connectivity index (χ3v) is 7.73. The Hall–Kier alpha value is -3.78. The van der Waals surface area contributed by atoms with E-state index in [1.165, 1.54) is 30.5 Å². The molecule has 1 fully saturated rings. The molecule has 1 amide bonds. The largest absolute Gasteiger partial charge is 0.507 e. The molecule has 0 aliphatic carbocycles. The molecular weight excluding hydrogens is 490 g/mol. The Bertz CT molecular complexity index is 1380. The molecule has 1 atom stereocenters. The smallest absolute Gasteiger partial charge is 0.300 e. The van der Waals surface area contributed by atoms with Gasteiger partial charge in [-0.05, 0) is 60.0 Å². The number of aryl methyl sites for hydroxylation is 2. The van der Waals surface area contributed by atoms with Crippen molar-refractivity contribution in [2.75, 3.05) is 26.2 Å². The van der Waals surface area contributed by atoms with Gasteiger partial charge in [-0.15, -0.1) is 11.3 Å². The molecule has 0 bridgehead atoms. The van der Waals surface area contributed by atoms with E-state index in [1.807, 2.05) is 51.3 Å². The number of methoxy groups -OCH3 is 3. The second kappa shape index (κ2) is 10.3. The highest BCUT2D eigenvalue weighted by Gasteiger charge is 2.48. The van der Waals surface area contributed by atoms with Gasteiger partial charge < -0.3 is 19.3 Å². The molecular formula is C29H31NO6S. The molecule has 4 rings (SSSR count). The first-order valence-electron chi connectivity index (χ1n) is 11.9. The third kappa shape index (κ3) is 4.57. The fourth-order valence-corrected chi connectivity index (χ4v) is 5.69. The number of ketones is 1. The van der Waals surface area contributed by atoms with Crippen molar-refractivity contribution < 1.29 is 28.9 Å². The first kappa shape index (κ1) is 26.3. The Labute approximate surface area is 220 Å². The van der Waals surface area contributed by atoms with Crippen LogP contribution in [0, 0.1) is 13.8 Å². The van der Waals surface area contributed by atoms with E-state index in [4.69, 9.17) is 14.2 Å². The summed E-state index contributed by atoms with van der Waals surface area (Å²) in [6.45, 7) is 7.83. The highest BCUT2D eigenvalue weighted by Crippen LogP contribution is 2.47. The Morgan fingerprint density at radius 3 is 2.11 bits per heavy atom. The maximum atomic E-state index is 13.6. The molecule has 1 saturated heterocycles. The van der Waals surface area contributed by atoms with Crippen LogP contribution in [0.4, 0.5) is 5.69 Å². The van der Waals surface area contributed by atoms with Crippen molar-refractivity contribution in [1.29, 1.82) is 0 Å². The molecule has 1 aliphatic heterocycles. The van der Waals surface area contributed by atoms with E-state index in [-0.39, 0.29) is 17.3 Å². The molecule has 0 spiro atoms. The van der Waals surface area contributed by atoms with Crippen LogP contribution in [-0.2, 0) is 9.59 Å². The SMILES string of the molecule is COc1cc(OC)cc(N2C(=O)C(=O)/C(=C(/O)c3cc(C(C)C)c(OC)cc3C)C2c2sccc2C)c1. The number of aliphatic hydroxyl groups excluding tert-OH is 1. The first-order chi connectivity index (χ1) is 17.6. The minimum Gasteiger partial charge on any atom is -0.507 e. The van der Waals surface area contributed by atoms with Crippen molar-refractivity contribution in [2.45, 2.75) is 39.7 Å². The minimum absolute atomic E-state index is 0.0420. The van der Waals surface area contributed by atoms with E-state index < -0.39 is 17.7 Å². The van der Waals surface area contributed by atoms with Crippen molar-refractivity contribution in [3.8, 4) is 17.2 Å². The molecule has 2 heterocycles. The monoisotopic (exact) mass is 521 g/mol. The van der Waals surface area contributed by atoms with Crippen molar-refractivity contribution in [3.05, 3.63) is 74.5 Å². The Morgan fingerprint density at radius 1 is 0.946 bits per heavy atom. The van der Waals surface area contributed by atoms with Gasteiger partial charge in [0.25, 0.3) is 11.7 Å². The normalized spacial score (nSPS) is 17.0. The number of aliphatic hydroxyl groups is 1. The number of carbonyl (C=O) groups excluding carboxylic acids is 2. The summed E-state index contributed by atoms with van der Waals surface area (Å²) in [6.07, 6.45) is 0. The van der Waals surface area contributed by atoms with E-state index >= 15 is 0 Å². The lowest BCUT2D eigenvalue weighted by atomic mass is 9.92. The van der Waals surface area contributed by atoms with E-state index in [0.29, 0.717) is 28.5 Å². The zero-order chi connectivity index (χ0) is 27.0.